The Labute approximate surface area is 118 Å². The summed E-state index contributed by atoms with van der Waals surface area (Å²) in [5.74, 6) is 0.618. The molecule has 106 valence electrons. The van der Waals surface area contributed by atoms with Gasteiger partial charge in [-0.3, -0.25) is 5.10 Å². The van der Waals surface area contributed by atoms with Crippen LogP contribution in [0.25, 0.3) is 10.9 Å². The molecule has 1 heterocycles. The lowest BCUT2D eigenvalue weighted by Crippen LogP contribution is -2.41. The number of fused-ring (bicyclic) bond motifs is 1. The number of carbonyl (C=O) groups is 1. The minimum Gasteiger partial charge on any atom is -0.338 e. The van der Waals surface area contributed by atoms with Crippen LogP contribution in [-0.4, -0.2) is 22.8 Å². The molecule has 0 atom stereocenters. The lowest BCUT2D eigenvalue weighted by Gasteiger charge is -2.42. The Balaban J connectivity index is 1.51. The van der Waals surface area contributed by atoms with Crippen LogP contribution in [0.5, 0.6) is 0 Å². The molecule has 1 aromatic heterocycles. The first-order chi connectivity index (χ1) is 9.52. The van der Waals surface area contributed by atoms with Gasteiger partial charge in [0.25, 0.3) is 0 Å². The average Bonchev–Trinajstić information content (AvgIpc) is 2.81. The lowest BCUT2D eigenvalue weighted by molar-refractivity contribution is 0.0978. The van der Waals surface area contributed by atoms with Gasteiger partial charge < -0.3 is 10.6 Å². The molecule has 5 nitrogen and oxygen atoms in total. The molecule has 0 spiro atoms. The number of H-pyrrole nitrogens is 1. The van der Waals surface area contributed by atoms with Gasteiger partial charge in [-0.05, 0) is 42.4 Å². The number of hydrogen-bond donors (Lipinski definition) is 3. The minimum atomic E-state index is -0.141. The van der Waals surface area contributed by atoms with Crippen LogP contribution in [0.1, 0.15) is 26.7 Å². The van der Waals surface area contributed by atoms with Crippen molar-refractivity contribution in [1.82, 2.24) is 15.5 Å². The molecule has 2 aromatic rings. The highest BCUT2D eigenvalue weighted by atomic mass is 16.2. The lowest BCUT2D eigenvalue weighted by atomic mass is 9.64. The molecule has 3 rings (SSSR count). The van der Waals surface area contributed by atoms with E-state index in [1.807, 2.05) is 18.2 Å². The summed E-state index contributed by atoms with van der Waals surface area (Å²) >= 11 is 0. The monoisotopic (exact) mass is 272 g/mol. The number of amides is 2. The summed E-state index contributed by atoms with van der Waals surface area (Å²) in [6.45, 7) is 5.29. The van der Waals surface area contributed by atoms with Crippen LogP contribution in [0.2, 0.25) is 0 Å². The van der Waals surface area contributed by atoms with Gasteiger partial charge in [-0.25, -0.2) is 4.79 Å². The third kappa shape index (κ3) is 2.76. The van der Waals surface area contributed by atoms with Crippen molar-refractivity contribution < 1.29 is 4.79 Å². The van der Waals surface area contributed by atoms with E-state index in [0.29, 0.717) is 11.3 Å². The van der Waals surface area contributed by atoms with Gasteiger partial charge in [0.05, 0.1) is 11.7 Å². The second-order valence-electron chi connectivity index (χ2n) is 6.45. The quantitative estimate of drug-likeness (QED) is 0.803. The smallest absolute Gasteiger partial charge is 0.319 e. The number of nitrogens with one attached hydrogen (secondary N) is 3. The highest BCUT2D eigenvalue weighted by molar-refractivity contribution is 5.92. The van der Waals surface area contributed by atoms with E-state index in [2.05, 4.69) is 34.7 Å². The first kappa shape index (κ1) is 13.0. The Bertz CT molecular complexity index is 624. The van der Waals surface area contributed by atoms with Crippen LogP contribution < -0.4 is 10.6 Å². The Morgan fingerprint density at radius 3 is 3.00 bits per heavy atom. The van der Waals surface area contributed by atoms with E-state index in [9.17, 15) is 4.79 Å². The van der Waals surface area contributed by atoms with Crippen molar-refractivity contribution in [2.75, 3.05) is 11.9 Å². The van der Waals surface area contributed by atoms with Crippen molar-refractivity contribution in [3.8, 4) is 0 Å². The zero-order valence-corrected chi connectivity index (χ0v) is 11.9. The van der Waals surface area contributed by atoms with Crippen molar-refractivity contribution in [2.45, 2.75) is 26.7 Å². The van der Waals surface area contributed by atoms with E-state index in [0.717, 1.165) is 23.1 Å². The maximum absolute atomic E-state index is 11.8. The van der Waals surface area contributed by atoms with E-state index in [-0.39, 0.29) is 6.03 Å². The van der Waals surface area contributed by atoms with E-state index >= 15 is 0 Å². The Morgan fingerprint density at radius 2 is 2.25 bits per heavy atom. The molecule has 0 unspecified atom stereocenters. The number of rotatable bonds is 3. The number of aromatic nitrogens is 2. The summed E-state index contributed by atoms with van der Waals surface area (Å²) in [7, 11) is 0. The second-order valence-corrected chi connectivity index (χ2v) is 6.45. The van der Waals surface area contributed by atoms with Gasteiger partial charge in [0.2, 0.25) is 0 Å². The number of carbonyl (C=O) groups excluding carboxylic acids is 1. The van der Waals surface area contributed by atoms with Gasteiger partial charge in [0.15, 0.2) is 0 Å². The normalized spacial score (nSPS) is 17.7. The summed E-state index contributed by atoms with van der Waals surface area (Å²) in [5.41, 5.74) is 2.20. The largest absolute Gasteiger partial charge is 0.338 e. The summed E-state index contributed by atoms with van der Waals surface area (Å²) < 4.78 is 0. The Hall–Kier alpha value is -2.04. The maximum Gasteiger partial charge on any atom is 0.319 e. The fourth-order valence-electron chi connectivity index (χ4n) is 3.08. The minimum absolute atomic E-state index is 0.141. The van der Waals surface area contributed by atoms with Crippen molar-refractivity contribution in [3.05, 3.63) is 24.4 Å². The van der Waals surface area contributed by atoms with Gasteiger partial charge in [-0.2, -0.15) is 5.10 Å². The van der Waals surface area contributed by atoms with Crippen LogP contribution in [0.3, 0.4) is 0 Å². The zero-order chi connectivity index (χ0) is 14.2. The fourth-order valence-corrected chi connectivity index (χ4v) is 3.08. The van der Waals surface area contributed by atoms with Gasteiger partial charge in [-0.1, -0.05) is 13.8 Å². The molecule has 0 saturated heterocycles. The van der Waals surface area contributed by atoms with Crippen LogP contribution >= 0.6 is 0 Å². The number of hydrogen-bond acceptors (Lipinski definition) is 2. The van der Waals surface area contributed by atoms with E-state index in [1.165, 1.54) is 12.8 Å². The molecule has 20 heavy (non-hydrogen) atoms. The third-order valence-corrected chi connectivity index (χ3v) is 3.93. The molecular formula is C15H20N4O. The molecular weight excluding hydrogens is 252 g/mol. The Morgan fingerprint density at radius 1 is 1.45 bits per heavy atom. The van der Waals surface area contributed by atoms with Crippen LogP contribution in [0, 0.1) is 11.3 Å². The predicted octanol–water partition coefficient (Wildman–Crippen LogP) is 3.12. The highest BCUT2D eigenvalue weighted by Gasteiger charge is 2.35. The van der Waals surface area contributed by atoms with Crippen molar-refractivity contribution in [2.24, 2.45) is 11.3 Å². The standard InChI is InChI=1S/C15H20N4O/c1-15(2)6-10(7-15)8-16-14(20)18-12-3-4-13-11(5-12)9-17-19-13/h3-5,9-10H,6-8H2,1-2H3,(H,17,19)(H2,16,18,20). The van der Waals surface area contributed by atoms with Gasteiger partial charge in [-0.15, -0.1) is 0 Å². The predicted molar refractivity (Wildman–Crippen MR) is 79.6 cm³/mol. The van der Waals surface area contributed by atoms with E-state index < -0.39 is 0 Å². The summed E-state index contributed by atoms with van der Waals surface area (Å²) in [5, 5.41) is 13.6. The van der Waals surface area contributed by atoms with E-state index in [4.69, 9.17) is 0 Å². The number of aromatic amines is 1. The zero-order valence-electron chi connectivity index (χ0n) is 11.9. The second kappa shape index (κ2) is 4.81. The third-order valence-electron chi connectivity index (χ3n) is 3.93. The van der Waals surface area contributed by atoms with Crippen LogP contribution in [0.15, 0.2) is 24.4 Å². The SMILES string of the molecule is CC1(C)CC(CNC(=O)Nc2ccc3[nH]ncc3c2)C1. The molecule has 1 aromatic carbocycles. The van der Waals surface area contributed by atoms with Crippen molar-refractivity contribution >= 4 is 22.6 Å². The molecule has 1 aliphatic carbocycles. The molecule has 3 N–H and O–H groups in total. The number of urea groups is 1. The molecule has 2 amide bonds. The van der Waals surface area contributed by atoms with E-state index in [1.54, 1.807) is 6.20 Å². The van der Waals surface area contributed by atoms with Crippen molar-refractivity contribution in [3.63, 3.8) is 0 Å². The topological polar surface area (TPSA) is 69.8 Å². The van der Waals surface area contributed by atoms with Crippen LogP contribution in [-0.2, 0) is 0 Å². The summed E-state index contributed by atoms with van der Waals surface area (Å²) in [4.78, 5) is 11.8. The van der Waals surface area contributed by atoms with Crippen molar-refractivity contribution in [1.29, 1.82) is 0 Å². The molecule has 5 heteroatoms. The van der Waals surface area contributed by atoms with Gasteiger partial charge in [0.1, 0.15) is 0 Å². The van der Waals surface area contributed by atoms with Crippen LogP contribution in [0.4, 0.5) is 10.5 Å². The molecule has 0 radical (unpaired) electrons. The molecule has 0 bridgehead atoms. The average molecular weight is 272 g/mol. The number of nitrogens with zero attached hydrogens (tertiary/aromatic N) is 1. The van der Waals surface area contributed by atoms with Gasteiger partial charge >= 0.3 is 6.03 Å². The first-order valence-electron chi connectivity index (χ1n) is 7.00. The highest BCUT2D eigenvalue weighted by Crippen LogP contribution is 2.44. The fraction of sp³-hybridized carbons (Fsp3) is 0.467. The summed E-state index contributed by atoms with van der Waals surface area (Å²) in [6, 6.07) is 5.54. The number of benzene rings is 1. The Kier molecular flexibility index (Phi) is 3.12. The molecule has 0 aliphatic heterocycles. The summed E-state index contributed by atoms with van der Waals surface area (Å²) in [6.07, 6.45) is 4.12. The molecule has 1 fully saturated rings. The van der Waals surface area contributed by atoms with Gasteiger partial charge in [0, 0.05) is 17.6 Å². The molecule has 1 saturated carbocycles. The first-order valence-corrected chi connectivity index (χ1v) is 7.00. The maximum atomic E-state index is 11.8. The number of anilines is 1. The molecule has 1 aliphatic rings.